The van der Waals surface area contributed by atoms with Crippen molar-refractivity contribution < 1.29 is 18.3 Å². The molecule has 0 spiro atoms. The Hall–Kier alpha value is -1.82. The number of rotatable bonds is 3. The Morgan fingerprint density at radius 2 is 2.28 bits per heavy atom. The summed E-state index contributed by atoms with van der Waals surface area (Å²) in [5.74, 6) is 0.330. The van der Waals surface area contributed by atoms with Crippen LogP contribution in [0.3, 0.4) is 0 Å². The SMILES string of the molecule is COc1cccc(C=N[C@@H]2C=CS(=O)(=O)C2)c1O. The monoisotopic (exact) mass is 267 g/mol. The molecule has 0 saturated heterocycles. The van der Waals surface area contributed by atoms with Gasteiger partial charge in [-0.25, -0.2) is 8.42 Å². The lowest BCUT2D eigenvalue weighted by Crippen LogP contribution is -2.08. The zero-order valence-corrected chi connectivity index (χ0v) is 10.6. The van der Waals surface area contributed by atoms with E-state index in [9.17, 15) is 13.5 Å². The van der Waals surface area contributed by atoms with E-state index in [1.165, 1.54) is 24.8 Å². The number of aromatic hydroxyl groups is 1. The van der Waals surface area contributed by atoms with Gasteiger partial charge < -0.3 is 9.84 Å². The molecule has 5 nitrogen and oxygen atoms in total. The average Bonchev–Trinajstić information content (AvgIpc) is 2.68. The number of nitrogens with zero attached hydrogens (tertiary/aromatic N) is 1. The second-order valence-electron chi connectivity index (χ2n) is 3.90. The summed E-state index contributed by atoms with van der Waals surface area (Å²) in [4.78, 5) is 4.12. The highest BCUT2D eigenvalue weighted by molar-refractivity contribution is 7.94. The van der Waals surface area contributed by atoms with Crippen LogP contribution in [0.15, 0.2) is 34.7 Å². The molecule has 1 atom stereocenters. The van der Waals surface area contributed by atoms with Crippen molar-refractivity contribution in [1.82, 2.24) is 0 Å². The van der Waals surface area contributed by atoms with Crippen molar-refractivity contribution in [3.63, 3.8) is 0 Å². The van der Waals surface area contributed by atoms with Gasteiger partial charge in [0.05, 0.1) is 18.9 Å². The molecule has 0 aromatic heterocycles. The second-order valence-corrected chi connectivity index (χ2v) is 5.83. The van der Waals surface area contributed by atoms with E-state index in [4.69, 9.17) is 4.74 Å². The van der Waals surface area contributed by atoms with Gasteiger partial charge in [0, 0.05) is 17.2 Å². The standard InChI is InChI=1S/C12H13NO4S/c1-17-11-4-2-3-9(12(11)14)7-13-10-5-6-18(15,16)8-10/h2-7,10,14H,8H2,1H3/t10-/m1/s1. The Morgan fingerprint density at radius 1 is 1.50 bits per heavy atom. The first kappa shape index (κ1) is 12.6. The van der Waals surface area contributed by atoms with Gasteiger partial charge in [-0.1, -0.05) is 6.07 Å². The summed E-state index contributed by atoms with van der Waals surface area (Å²) in [5, 5.41) is 11.0. The molecule has 1 heterocycles. The lowest BCUT2D eigenvalue weighted by molar-refractivity contribution is 0.373. The van der Waals surface area contributed by atoms with E-state index in [2.05, 4.69) is 4.99 Å². The van der Waals surface area contributed by atoms with Gasteiger partial charge in [0.2, 0.25) is 0 Å². The summed E-state index contributed by atoms with van der Waals surface area (Å²) in [7, 11) is -1.64. The van der Waals surface area contributed by atoms with Crippen LogP contribution < -0.4 is 4.74 Å². The van der Waals surface area contributed by atoms with Crippen LogP contribution in [0.4, 0.5) is 0 Å². The predicted molar refractivity (Wildman–Crippen MR) is 69.0 cm³/mol. The molecule has 0 unspecified atom stereocenters. The molecule has 2 rings (SSSR count). The van der Waals surface area contributed by atoms with Crippen molar-refractivity contribution in [2.45, 2.75) is 6.04 Å². The summed E-state index contributed by atoms with van der Waals surface area (Å²) in [5.41, 5.74) is 0.493. The minimum atomic E-state index is -3.10. The highest BCUT2D eigenvalue weighted by atomic mass is 32.2. The van der Waals surface area contributed by atoms with E-state index in [1.54, 1.807) is 18.2 Å². The van der Waals surface area contributed by atoms with Crippen molar-refractivity contribution >= 4 is 16.1 Å². The summed E-state index contributed by atoms with van der Waals surface area (Å²) >= 11 is 0. The largest absolute Gasteiger partial charge is 0.504 e. The average molecular weight is 267 g/mol. The van der Waals surface area contributed by atoms with Gasteiger partial charge in [-0.15, -0.1) is 0 Å². The summed E-state index contributed by atoms with van der Waals surface area (Å²) in [6.45, 7) is 0. The van der Waals surface area contributed by atoms with Gasteiger partial charge >= 0.3 is 0 Å². The van der Waals surface area contributed by atoms with Crippen LogP contribution in [0, 0.1) is 0 Å². The number of hydrogen-bond donors (Lipinski definition) is 1. The molecule has 6 heteroatoms. The Balaban J connectivity index is 2.18. The molecule has 0 radical (unpaired) electrons. The van der Waals surface area contributed by atoms with Gasteiger partial charge in [0.1, 0.15) is 0 Å². The molecule has 0 bridgehead atoms. The maximum absolute atomic E-state index is 11.2. The zero-order chi connectivity index (χ0) is 13.2. The van der Waals surface area contributed by atoms with Crippen molar-refractivity contribution in [2.75, 3.05) is 12.9 Å². The topological polar surface area (TPSA) is 76.0 Å². The van der Waals surface area contributed by atoms with Crippen molar-refractivity contribution in [1.29, 1.82) is 0 Å². The third kappa shape index (κ3) is 2.70. The van der Waals surface area contributed by atoms with Crippen LogP contribution >= 0.6 is 0 Å². The van der Waals surface area contributed by atoms with Crippen LogP contribution in [0.5, 0.6) is 11.5 Å². The Kier molecular flexibility index (Phi) is 3.38. The van der Waals surface area contributed by atoms with E-state index in [-0.39, 0.29) is 17.5 Å². The summed E-state index contributed by atoms with van der Waals surface area (Å²) in [6, 6.07) is 4.64. The van der Waals surface area contributed by atoms with Crippen LogP contribution in [0.2, 0.25) is 0 Å². The fourth-order valence-electron chi connectivity index (χ4n) is 1.64. The number of ether oxygens (including phenoxy) is 1. The predicted octanol–water partition coefficient (Wildman–Crippen LogP) is 1.13. The van der Waals surface area contributed by atoms with Crippen LogP contribution in [0.25, 0.3) is 0 Å². The first-order chi connectivity index (χ1) is 8.52. The highest BCUT2D eigenvalue weighted by Gasteiger charge is 2.20. The maximum atomic E-state index is 11.2. The molecule has 1 aromatic rings. The quantitative estimate of drug-likeness (QED) is 0.833. The molecular weight excluding hydrogens is 254 g/mol. The number of aliphatic imine (C=N–C) groups is 1. The highest BCUT2D eigenvalue weighted by Crippen LogP contribution is 2.28. The molecule has 0 aliphatic carbocycles. The molecule has 96 valence electrons. The van der Waals surface area contributed by atoms with Crippen LogP contribution in [-0.2, 0) is 9.84 Å². The van der Waals surface area contributed by atoms with E-state index in [0.29, 0.717) is 11.3 Å². The number of para-hydroxylation sites is 1. The molecule has 0 amide bonds. The van der Waals surface area contributed by atoms with E-state index in [0.717, 1.165) is 0 Å². The molecular formula is C12H13NO4S. The fraction of sp³-hybridized carbons (Fsp3) is 0.250. The normalized spacial score (nSPS) is 21.5. The zero-order valence-electron chi connectivity index (χ0n) is 9.78. The van der Waals surface area contributed by atoms with Crippen molar-refractivity contribution in [3.8, 4) is 11.5 Å². The Bertz CT molecular complexity index is 605. The van der Waals surface area contributed by atoms with Gasteiger partial charge in [-0.05, 0) is 18.2 Å². The van der Waals surface area contributed by atoms with Crippen LogP contribution in [-0.4, -0.2) is 38.6 Å². The number of phenols is 1. The molecule has 0 fully saturated rings. The Labute approximate surface area is 105 Å². The number of methoxy groups -OCH3 is 1. The number of hydrogen-bond acceptors (Lipinski definition) is 5. The lowest BCUT2D eigenvalue weighted by Gasteiger charge is -2.05. The van der Waals surface area contributed by atoms with Crippen LogP contribution in [0.1, 0.15) is 5.56 Å². The molecule has 0 saturated carbocycles. The van der Waals surface area contributed by atoms with E-state index < -0.39 is 9.84 Å². The van der Waals surface area contributed by atoms with E-state index in [1.807, 2.05) is 0 Å². The van der Waals surface area contributed by atoms with Gasteiger partial charge in [0.15, 0.2) is 21.3 Å². The smallest absolute Gasteiger partial charge is 0.173 e. The van der Waals surface area contributed by atoms with Gasteiger partial charge in [-0.2, -0.15) is 0 Å². The second kappa shape index (κ2) is 4.81. The first-order valence-corrected chi connectivity index (χ1v) is 7.03. The molecule has 1 aromatic carbocycles. The Morgan fingerprint density at radius 3 is 2.89 bits per heavy atom. The minimum absolute atomic E-state index is 0.00594. The first-order valence-electron chi connectivity index (χ1n) is 5.32. The fourth-order valence-corrected chi connectivity index (χ4v) is 2.84. The third-order valence-corrected chi connectivity index (χ3v) is 3.94. The summed E-state index contributed by atoms with van der Waals surface area (Å²) < 4.78 is 27.3. The minimum Gasteiger partial charge on any atom is -0.504 e. The maximum Gasteiger partial charge on any atom is 0.173 e. The molecule has 1 aliphatic rings. The molecule has 1 aliphatic heterocycles. The van der Waals surface area contributed by atoms with Crippen molar-refractivity contribution in [3.05, 3.63) is 35.2 Å². The van der Waals surface area contributed by atoms with Gasteiger partial charge in [-0.3, -0.25) is 4.99 Å². The van der Waals surface area contributed by atoms with E-state index >= 15 is 0 Å². The van der Waals surface area contributed by atoms with Gasteiger partial charge in [0.25, 0.3) is 0 Å². The number of phenolic OH excluding ortho intramolecular Hbond substituents is 1. The number of benzene rings is 1. The molecule has 1 N–H and O–H groups in total. The number of sulfone groups is 1. The third-order valence-electron chi connectivity index (χ3n) is 2.57. The lowest BCUT2D eigenvalue weighted by atomic mass is 10.2. The van der Waals surface area contributed by atoms with Crippen molar-refractivity contribution in [2.24, 2.45) is 4.99 Å². The summed E-state index contributed by atoms with van der Waals surface area (Å²) in [6.07, 6.45) is 2.98. The molecule has 18 heavy (non-hydrogen) atoms.